The third-order valence-electron chi connectivity index (χ3n) is 6.20. The fourth-order valence-electron chi connectivity index (χ4n) is 4.49. The highest BCUT2D eigenvalue weighted by Crippen LogP contribution is 2.42. The highest BCUT2D eigenvalue weighted by Gasteiger charge is 2.41. The van der Waals surface area contributed by atoms with Crippen molar-refractivity contribution < 1.29 is 14.3 Å². The number of thioether (sulfide) groups is 1. The molecule has 1 aliphatic heterocycles. The zero-order valence-electron chi connectivity index (χ0n) is 20.3. The molecule has 1 aliphatic rings. The number of carbonyl (C=O) groups is 2. The average molecular weight is 533 g/mol. The van der Waals surface area contributed by atoms with Crippen molar-refractivity contribution >= 4 is 40.9 Å². The van der Waals surface area contributed by atoms with Crippen LogP contribution in [0.1, 0.15) is 22.9 Å². The molecule has 1 N–H and O–H groups in total. The Morgan fingerprint density at radius 3 is 2.54 bits per heavy atom. The van der Waals surface area contributed by atoms with E-state index in [4.69, 9.17) is 21.4 Å². The number of para-hydroxylation sites is 3. The van der Waals surface area contributed by atoms with Crippen LogP contribution in [0.4, 0.5) is 5.69 Å². The first kappa shape index (κ1) is 24.9. The molecule has 0 unspecified atom stereocenters. The number of carbonyl (C=O) groups excluding carboxylic acids is 2. The van der Waals surface area contributed by atoms with Crippen molar-refractivity contribution in [3.05, 3.63) is 101 Å². The SMILES string of the molecule is COc1ccccc1CNC(=O)[C@@H]1c2c(C)nn(-c3ccccc3)c2SCC(=O)N1c1ccccc1Cl. The zero-order chi connectivity index (χ0) is 25.9. The van der Waals surface area contributed by atoms with Crippen LogP contribution in [0.5, 0.6) is 5.75 Å². The number of nitrogens with one attached hydrogen (secondary N) is 1. The topological polar surface area (TPSA) is 76.5 Å². The third-order valence-corrected chi connectivity index (χ3v) is 7.58. The van der Waals surface area contributed by atoms with Crippen molar-refractivity contribution in [1.82, 2.24) is 15.1 Å². The summed E-state index contributed by atoms with van der Waals surface area (Å²) < 4.78 is 7.25. The largest absolute Gasteiger partial charge is 0.496 e. The van der Waals surface area contributed by atoms with Gasteiger partial charge < -0.3 is 10.1 Å². The van der Waals surface area contributed by atoms with Crippen molar-refractivity contribution in [2.24, 2.45) is 0 Å². The van der Waals surface area contributed by atoms with Crippen LogP contribution >= 0.6 is 23.4 Å². The maximum Gasteiger partial charge on any atom is 0.248 e. The third kappa shape index (κ3) is 4.82. The lowest BCUT2D eigenvalue weighted by Gasteiger charge is -2.30. The molecule has 2 heterocycles. The molecule has 4 aromatic rings. The summed E-state index contributed by atoms with van der Waals surface area (Å²) in [5.74, 6) is 0.253. The lowest BCUT2D eigenvalue weighted by molar-refractivity contribution is -0.126. The van der Waals surface area contributed by atoms with Crippen molar-refractivity contribution in [3.8, 4) is 11.4 Å². The molecule has 0 spiro atoms. The van der Waals surface area contributed by atoms with E-state index in [2.05, 4.69) is 5.32 Å². The van der Waals surface area contributed by atoms with Gasteiger partial charge in [0.25, 0.3) is 0 Å². The number of ether oxygens (including phenoxy) is 1. The minimum atomic E-state index is -0.968. The predicted molar refractivity (Wildman–Crippen MR) is 146 cm³/mol. The summed E-state index contributed by atoms with van der Waals surface area (Å²) in [4.78, 5) is 29.1. The molecule has 0 saturated carbocycles. The molecule has 5 rings (SSSR count). The minimum absolute atomic E-state index is 0.131. The standard InChI is InChI=1S/C28H25ClN4O3S/c1-18-25-26(27(35)30-16-19-10-6-9-15-23(19)36-2)32(22-14-8-7-13-21(22)29)24(34)17-37-28(25)33(31-18)20-11-4-3-5-12-20/h3-15,26H,16-17H2,1-2H3,(H,30,35)/t26-/m0/s1. The molecule has 37 heavy (non-hydrogen) atoms. The molecule has 3 aromatic carbocycles. The van der Waals surface area contributed by atoms with Crippen LogP contribution in [0.3, 0.4) is 0 Å². The number of aromatic nitrogens is 2. The molecule has 2 amide bonds. The molecule has 1 aromatic heterocycles. The van der Waals surface area contributed by atoms with Gasteiger partial charge in [-0.05, 0) is 37.3 Å². The lowest BCUT2D eigenvalue weighted by atomic mass is 10.0. The molecular formula is C28H25ClN4O3S. The van der Waals surface area contributed by atoms with Crippen LogP contribution < -0.4 is 15.0 Å². The molecule has 7 nitrogen and oxygen atoms in total. The summed E-state index contributed by atoms with van der Waals surface area (Å²) in [6.45, 7) is 2.10. The van der Waals surface area contributed by atoms with Crippen LogP contribution in [0, 0.1) is 6.92 Å². The molecule has 0 bridgehead atoms. The van der Waals surface area contributed by atoms with Gasteiger partial charge in [0.1, 0.15) is 16.8 Å². The number of nitrogens with zero attached hydrogens (tertiary/aromatic N) is 3. The van der Waals surface area contributed by atoms with Crippen molar-refractivity contribution in [1.29, 1.82) is 0 Å². The van der Waals surface area contributed by atoms with Gasteiger partial charge in [-0.15, -0.1) is 0 Å². The second-order valence-electron chi connectivity index (χ2n) is 8.49. The number of amides is 2. The Hall–Kier alpha value is -3.75. The van der Waals surface area contributed by atoms with E-state index in [1.54, 1.807) is 36.1 Å². The van der Waals surface area contributed by atoms with Gasteiger partial charge in [0, 0.05) is 17.7 Å². The summed E-state index contributed by atoms with van der Waals surface area (Å²) in [6.07, 6.45) is 0. The van der Waals surface area contributed by atoms with E-state index in [1.165, 1.54) is 16.7 Å². The van der Waals surface area contributed by atoms with Gasteiger partial charge in [0.05, 0.1) is 35.0 Å². The Balaban J connectivity index is 1.62. The Kier molecular flexibility index (Phi) is 7.21. The summed E-state index contributed by atoms with van der Waals surface area (Å²) in [7, 11) is 1.59. The number of aryl methyl sites for hydroxylation is 1. The molecule has 9 heteroatoms. The Morgan fingerprint density at radius 2 is 1.78 bits per heavy atom. The second kappa shape index (κ2) is 10.7. The average Bonchev–Trinajstić information content (AvgIpc) is 3.16. The van der Waals surface area contributed by atoms with Crippen molar-refractivity contribution in [3.63, 3.8) is 0 Å². The van der Waals surface area contributed by atoms with E-state index >= 15 is 0 Å². The first-order valence-corrected chi connectivity index (χ1v) is 13.1. The number of anilines is 1. The van der Waals surface area contributed by atoms with Crippen LogP contribution in [-0.4, -0.2) is 34.5 Å². The maximum absolute atomic E-state index is 14.0. The number of rotatable bonds is 6. The monoisotopic (exact) mass is 532 g/mol. The number of hydrogen-bond acceptors (Lipinski definition) is 5. The van der Waals surface area contributed by atoms with Crippen LogP contribution in [-0.2, 0) is 16.1 Å². The summed E-state index contributed by atoms with van der Waals surface area (Å²) in [6, 6.07) is 23.3. The molecule has 188 valence electrons. The Labute approximate surface area is 224 Å². The van der Waals surface area contributed by atoms with Gasteiger partial charge in [-0.25, -0.2) is 4.68 Å². The van der Waals surface area contributed by atoms with Crippen LogP contribution in [0.2, 0.25) is 5.02 Å². The Morgan fingerprint density at radius 1 is 1.08 bits per heavy atom. The van der Waals surface area contributed by atoms with E-state index in [0.29, 0.717) is 27.7 Å². The molecular weight excluding hydrogens is 508 g/mol. The Bertz CT molecular complexity index is 1460. The molecule has 0 saturated heterocycles. The van der Waals surface area contributed by atoms with Gasteiger partial charge in [-0.2, -0.15) is 5.10 Å². The summed E-state index contributed by atoms with van der Waals surface area (Å²) >= 11 is 7.93. The smallest absolute Gasteiger partial charge is 0.248 e. The van der Waals surface area contributed by atoms with Crippen LogP contribution in [0.25, 0.3) is 5.69 Å². The number of methoxy groups -OCH3 is 1. The number of hydrogen-bond donors (Lipinski definition) is 1. The maximum atomic E-state index is 14.0. The minimum Gasteiger partial charge on any atom is -0.496 e. The number of benzene rings is 3. The van der Waals surface area contributed by atoms with Gasteiger partial charge in [-0.1, -0.05) is 71.9 Å². The van der Waals surface area contributed by atoms with Crippen molar-refractivity contribution in [2.75, 3.05) is 17.8 Å². The first-order valence-electron chi connectivity index (χ1n) is 11.7. The highest BCUT2D eigenvalue weighted by atomic mass is 35.5. The van der Waals surface area contributed by atoms with E-state index < -0.39 is 6.04 Å². The molecule has 0 aliphatic carbocycles. The van der Waals surface area contributed by atoms with Gasteiger partial charge in [0.2, 0.25) is 11.8 Å². The predicted octanol–water partition coefficient (Wildman–Crippen LogP) is 5.34. The molecule has 1 atom stereocenters. The van der Waals surface area contributed by atoms with Gasteiger partial charge >= 0.3 is 0 Å². The molecule has 0 radical (unpaired) electrons. The van der Waals surface area contributed by atoms with E-state index in [9.17, 15) is 9.59 Å². The lowest BCUT2D eigenvalue weighted by Crippen LogP contribution is -2.44. The van der Waals surface area contributed by atoms with E-state index in [0.717, 1.165) is 16.3 Å². The van der Waals surface area contributed by atoms with Gasteiger partial charge in [0.15, 0.2) is 0 Å². The van der Waals surface area contributed by atoms with Crippen LogP contribution in [0.15, 0.2) is 83.9 Å². The fraction of sp³-hybridized carbons (Fsp3) is 0.179. The second-order valence-corrected chi connectivity index (χ2v) is 9.86. The number of fused-ring (bicyclic) bond motifs is 1. The summed E-state index contributed by atoms with van der Waals surface area (Å²) in [5, 5.41) is 8.95. The van der Waals surface area contributed by atoms with E-state index in [-0.39, 0.29) is 24.1 Å². The quantitative estimate of drug-likeness (QED) is 0.363. The fourth-order valence-corrected chi connectivity index (χ4v) is 5.80. The first-order chi connectivity index (χ1) is 18.0. The zero-order valence-corrected chi connectivity index (χ0v) is 21.9. The molecule has 0 fully saturated rings. The van der Waals surface area contributed by atoms with E-state index in [1.807, 2.05) is 61.5 Å². The summed E-state index contributed by atoms with van der Waals surface area (Å²) in [5.41, 5.74) is 3.50. The van der Waals surface area contributed by atoms with Crippen molar-refractivity contribution in [2.45, 2.75) is 24.5 Å². The normalized spacial score (nSPS) is 15.2. The highest BCUT2D eigenvalue weighted by molar-refractivity contribution is 8.00. The van der Waals surface area contributed by atoms with Gasteiger partial charge in [-0.3, -0.25) is 14.5 Å². The number of halogens is 1.